The average Bonchev–Trinajstić information content (AvgIpc) is 3.12. The third-order valence-electron chi connectivity index (χ3n) is 4.18. The summed E-state index contributed by atoms with van der Waals surface area (Å²) in [5, 5.41) is 11.5. The van der Waals surface area contributed by atoms with Gasteiger partial charge in [-0.1, -0.05) is 28.1 Å². The number of hydrogen-bond acceptors (Lipinski definition) is 3. The quantitative estimate of drug-likeness (QED) is 0.648. The van der Waals surface area contributed by atoms with Crippen LogP contribution in [0.4, 0.5) is 5.82 Å². The van der Waals surface area contributed by atoms with Crippen LogP contribution in [-0.4, -0.2) is 25.5 Å². The maximum absolute atomic E-state index is 12.3. The summed E-state index contributed by atoms with van der Waals surface area (Å²) in [6.07, 6.45) is 4.99. The predicted octanol–water partition coefficient (Wildman–Crippen LogP) is 3.70. The Hall–Kier alpha value is -2.67. The molecule has 3 aromatic rings. The van der Waals surface area contributed by atoms with Crippen LogP contribution in [0, 0.1) is 13.8 Å². The number of hydrogen-bond donors (Lipinski definition) is 1. The second kappa shape index (κ2) is 7.70. The minimum atomic E-state index is -0.204. The second-order valence-corrected chi connectivity index (χ2v) is 6.95. The number of amides is 1. The van der Waals surface area contributed by atoms with Gasteiger partial charge in [-0.05, 0) is 37.6 Å². The van der Waals surface area contributed by atoms with Crippen molar-refractivity contribution in [2.24, 2.45) is 7.05 Å². The van der Waals surface area contributed by atoms with Crippen LogP contribution in [0.5, 0.6) is 0 Å². The first-order valence-corrected chi connectivity index (χ1v) is 8.99. The molecule has 0 aliphatic carbocycles. The van der Waals surface area contributed by atoms with Gasteiger partial charge in [0.15, 0.2) is 0 Å². The van der Waals surface area contributed by atoms with Crippen molar-refractivity contribution in [3.05, 3.63) is 69.6 Å². The van der Waals surface area contributed by atoms with Gasteiger partial charge < -0.3 is 5.32 Å². The second-order valence-electron chi connectivity index (χ2n) is 6.03. The van der Waals surface area contributed by atoms with E-state index in [1.54, 1.807) is 27.7 Å². The van der Waals surface area contributed by atoms with Gasteiger partial charge in [-0.15, -0.1) is 0 Å². The van der Waals surface area contributed by atoms with Gasteiger partial charge in [-0.25, -0.2) is 4.68 Å². The Morgan fingerprint density at radius 1 is 1.23 bits per heavy atom. The number of nitrogens with zero attached hydrogens (tertiary/aromatic N) is 4. The maximum Gasteiger partial charge on any atom is 0.249 e. The average molecular weight is 414 g/mol. The van der Waals surface area contributed by atoms with Gasteiger partial charge in [-0.3, -0.25) is 9.48 Å². The zero-order chi connectivity index (χ0) is 18.7. The lowest BCUT2D eigenvalue weighted by Gasteiger charge is -2.08. The molecule has 0 fully saturated rings. The molecule has 0 aliphatic rings. The zero-order valence-corrected chi connectivity index (χ0v) is 16.5. The fourth-order valence-electron chi connectivity index (χ4n) is 2.69. The molecule has 1 aromatic carbocycles. The molecule has 0 saturated heterocycles. The third kappa shape index (κ3) is 4.11. The van der Waals surface area contributed by atoms with Gasteiger partial charge in [0.1, 0.15) is 5.82 Å². The highest BCUT2D eigenvalue weighted by atomic mass is 79.9. The first-order chi connectivity index (χ1) is 12.4. The molecule has 2 aromatic heterocycles. The van der Waals surface area contributed by atoms with Crippen molar-refractivity contribution in [1.29, 1.82) is 0 Å². The van der Waals surface area contributed by atoms with E-state index >= 15 is 0 Å². The standard InChI is InChI=1S/C19H20BrN5O/c1-13-17(14(2)24(3)23-13)8-9-19(26)22-18-10-11-21-25(18)12-15-4-6-16(20)7-5-15/h4-11H,12H2,1-3H3,(H,22,26)/b9-8+. The Bertz CT molecular complexity index is 953. The maximum atomic E-state index is 12.3. The highest BCUT2D eigenvalue weighted by Gasteiger charge is 2.08. The summed E-state index contributed by atoms with van der Waals surface area (Å²) in [5.74, 6) is 0.451. The molecule has 0 spiro atoms. The molecular formula is C19H20BrN5O. The number of carbonyl (C=O) groups is 1. The minimum absolute atomic E-state index is 0.204. The van der Waals surface area contributed by atoms with Crippen molar-refractivity contribution in [2.45, 2.75) is 20.4 Å². The van der Waals surface area contributed by atoms with Crippen LogP contribution in [0.25, 0.3) is 6.08 Å². The van der Waals surface area contributed by atoms with Crippen molar-refractivity contribution in [3.8, 4) is 0 Å². The van der Waals surface area contributed by atoms with Gasteiger partial charge in [0.25, 0.3) is 0 Å². The van der Waals surface area contributed by atoms with Crippen LogP contribution in [0.1, 0.15) is 22.5 Å². The molecule has 7 heteroatoms. The third-order valence-corrected chi connectivity index (χ3v) is 4.71. The summed E-state index contributed by atoms with van der Waals surface area (Å²) >= 11 is 3.43. The summed E-state index contributed by atoms with van der Waals surface area (Å²) in [6, 6.07) is 9.79. The normalized spacial score (nSPS) is 11.2. The van der Waals surface area contributed by atoms with Crippen LogP contribution in [-0.2, 0) is 18.4 Å². The van der Waals surface area contributed by atoms with Crippen LogP contribution in [0.15, 0.2) is 47.1 Å². The van der Waals surface area contributed by atoms with E-state index in [0.717, 1.165) is 27.0 Å². The fraction of sp³-hybridized carbons (Fsp3) is 0.211. The molecule has 0 radical (unpaired) electrons. The van der Waals surface area contributed by atoms with E-state index in [2.05, 4.69) is 31.4 Å². The summed E-state index contributed by atoms with van der Waals surface area (Å²) in [5.41, 5.74) is 3.98. The van der Waals surface area contributed by atoms with Crippen molar-refractivity contribution in [1.82, 2.24) is 19.6 Å². The lowest BCUT2D eigenvalue weighted by molar-refractivity contribution is -0.111. The number of carbonyl (C=O) groups excluding carboxylic acids is 1. The predicted molar refractivity (Wildman–Crippen MR) is 106 cm³/mol. The van der Waals surface area contributed by atoms with Gasteiger partial charge in [0.05, 0.1) is 18.4 Å². The molecule has 0 saturated carbocycles. The van der Waals surface area contributed by atoms with E-state index in [4.69, 9.17) is 0 Å². The number of aromatic nitrogens is 4. The van der Waals surface area contributed by atoms with Gasteiger partial charge in [0.2, 0.25) is 5.91 Å². The molecule has 0 aliphatic heterocycles. The molecule has 6 nitrogen and oxygen atoms in total. The highest BCUT2D eigenvalue weighted by molar-refractivity contribution is 9.10. The van der Waals surface area contributed by atoms with Crippen LogP contribution in [0.3, 0.4) is 0 Å². The van der Waals surface area contributed by atoms with E-state index in [1.165, 1.54) is 6.08 Å². The number of halogens is 1. The van der Waals surface area contributed by atoms with Crippen LogP contribution < -0.4 is 5.32 Å². The molecule has 3 rings (SSSR count). The number of anilines is 1. The lowest BCUT2D eigenvalue weighted by atomic mass is 10.2. The summed E-state index contributed by atoms with van der Waals surface area (Å²) in [7, 11) is 1.89. The number of rotatable bonds is 5. The fourth-order valence-corrected chi connectivity index (χ4v) is 2.95. The topological polar surface area (TPSA) is 64.7 Å². The van der Waals surface area contributed by atoms with E-state index in [-0.39, 0.29) is 5.91 Å². The monoisotopic (exact) mass is 413 g/mol. The van der Waals surface area contributed by atoms with Crippen molar-refractivity contribution >= 4 is 33.7 Å². The molecule has 0 atom stereocenters. The molecule has 0 bridgehead atoms. The first kappa shape index (κ1) is 18.1. The molecule has 134 valence electrons. The first-order valence-electron chi connectivity index (χ1n) is 8.19. The van der Waals surface area contributed by atoms with E-state index in [1.807, 2.05) is 45.2 Å². The lowest BCUT2D eigenvalue weighted by Crippen LogP contribution is -2.13. The van der Waals surface area contributed by atoms with Crippen LogP contribution >= 0.6 is 15.9 Å². The Kier molecular flexibility index (Phi) is 5.37. The zero-order valence-electron chi connectivity index (χ0n) is 14.9. The minimum Gasteiger partial charge on any atom is -0.307 e. The SMILES string of the molecule is Cc1nn(C)c(C)c1/C=C/C(=O)Nc1ccnn1Cc1ccc(Br)cc1. The van der Waals surface area contributed by atoms with Crippen LogP contribution in [0.2, 0.25) is 0 Å². The summed E-state index contributed by atoms with van der Waals surface area (Å²) in [4.78, 5) is 12.3. The van der Waals surface area contributed by atoms with E-state index in [0.29, 0.717) is 12.4 Å². The van der Waals surface area contributed by atoms with Crippen molar-refractivity contribution in [3.63, 3.8) is 0 Å². The molecule has 26 heavy (non-hydrogen) atoms. The Morgan fingerprint density at radius 3 is 2.62 bits per heavy atom. The molecular weight excluding hydrogens is 394 g/mol. The van der Waals surface area contributed by atoms with Crippen molar-refractivity contribution < 1.29 is 4.79 Å². The smallest absolute Gasteiger partial charge is 0.249 e. The Labute approximate surface area is 160 Å². The van der Waals surface area contributed by atoms with Gasteiger partial charge in [-0.2, -0.15) is 10.2 Å². The van der Waals surface area contributed by atoms with E-state index < -0.39 is 0 Å². The molecule has 0 unspecified atom stereocenters. The van der Waals surface area contributed by atoms with Gasteiger partial charge >= 0.3 is 0 Å². The van der Waals surface area contributed by atoms with Gasteiger partial charge in [0, 0.05) is 34.9 Å². The largest absolute Gasteiger partial charge is 0.307 e. The van der Waals surface area contributed by atoms with E-state index in [9.17, 15) is 4.79 Å². The summed E-state index contributed by atoms with van der Waals surface area (Å²) < 4.78 is 4.59. The molecule has 1 amide bonds. The highest BCUT2D eigenvalue weighted by Crippen LogP contribution is 2.15. The number of nitrogens with one attached hydrogen (secondary N) is 1. The summed E-state index contributed by atoms with van der Waals surface area (Å²) in [6.45, 7) is 4.49. The molecule has 2 heterocycles. The Morgan fingerprint density at radius 2 is 1.96 bits per heavy atom. The number of aryl methyl sites for hydroxylation is 2. The molecule has 1 N–H and O–H groups in total. The Balaban J connectivity index is 1.69. The number of benzene rings is 1. The van der Waals surface area contributed by atoms with Crippen molar-refractivity contribution in [2.75, 3.05) is 5.32 Å².